The third-order valence-electron chi connectivity index (χ3n) is 4.95. The van der Waals surface area contributed by atoms with E-state index >= 15 is 0 Å². The van der Waals surface area contributed by atoms with Gasteiger partial charge < -0.3 is 20.1 Å². The molecule has 150 valence electrons. The Morgan fingerprint density at radius 3 is 2.33 bits per heavy atom. The number of H-pyrrole nitrogens is 1. The first-order valence-electron chi connectivity index (χ1n) is 9.40. The zero-order chi connectivity index (χ0) is 20.1. The predicted molar refractivity (Wildman–Crippen MR) is 99.3 cm³/mol. The smallest absolute Gasteiger partial charge is 0.355 e. The molecule has 1 aliphatic carbocycles. The molecule has 1 heterocycles. The highest BCUT2D eigenvalue weighted by Crippen LogP contribution is 2.25. The molecule has 1 aromatic heterocycles. The van der Waals surface area contributed by atoms with Crippen LogP contribution in [0.2, 0.25) is 0 Å². The van der Waals surface area contributed by atoms with E-state index < -0.39 is 30.1 Å². The number of aromatic nitrogens is 1. The van der Waals surface area contributed by atoms with Crippen molar-refractivity contribution in [3.05, 3.63) is 22.5 Å². The molecule has 0 aliphatic heterocycles. The topological polar surface area (TPSA) is 121 Å². The van der Waals surface area contributed by atoms with Gasteiger partial charge in [-0.2, -0.15) is 0 Å². The number of hydrogen-bond acceptors (Lipinski definition) is 5. The number of urea groups is 1. The van der Waals surface area contributed by atoms with E-state index in [1.165, 1.54) is 13.3 Å². The molecule has 0 bridgehead atoms. The highest BCUT2D eigenvalue weighted by Gasteiger charge is 2.26. The van der Waals surface area contributed by atoms with Crippen molar-refractivity contribution in [2.75, 3.05) is 0 Å². The number of hydrogen-bond donors (Lipinski definition) is 4. The van der Waals surface area contributed by atoms with Crippen LogP contribution in [0.1, 0.15) is 79.4 Å². The molecule has 2 atom stereocenters. The highest BCUT2D eigenvalue weighted by molar-refractivity contribution is 5.98. The number of aliphatic hydroxyl groups is 1. The van der Waals surface area contributed by atoms with Crippen LogP contribution in [0, 0.1) is 13.8 Å². The minimum atomic E-state index is -1.13. The lowest BCUT2D eigenvalue weighted by Crippen LogP contribution is -2.48. The summed E-state index contributed by atoms with van der Waals surface area (Å²) < 4.78 is 5.17. The van der Waals surface area contributed by atoms with Crippen LogP contribution in [0.3, 0.4) is 0 Å². The molecule has 2 rings (SSSR count). The SMILES string of the molecule is Cc1[nH]c(C(=O)O[C@@H](C)C(=O)NC(=O)NC2CCCCC2)c(C)c1[C@@H](C)O. The fraction of sp³-hybridized carbons (Fsp3) is 0.632. The number of nitrogens with one attached hydrogen (secondary N) is 3. The van der Waals surface area contributed by atoms with Gasteiger partial charge in [-0.1, -0.05) is 19.3 Å². The first-order chi connectivity index (χ1) is 12.7. The molecule has 0 aromatic carbocycles. The fourth-order valence-corrected chi connectivity index (χ4v) is 3.55. The summed E-state index contributed by atoms with van der Waals surface area (Å²) >= 11 is 0. The second-order valence-corrected chi connectivity index (χ2v) is 7.18. The first-order valence-corrected chi connectivity index (χ1v) is 9.40. The van der Waals surface area contributed by atoms with Crippen LogP contribution in [0.5, 0.6) is 0 Å². The maximum Gasteiger partial charge on any atom is 0.355 e. The Morgan fingerprint density at radius 2 is 1.78 bits per heavy atom. The lowest BCUT2D eigenvalue weighted by Gasteiger charge is -2.23. The maximum absolute atomic E-state index is 12.4. The Labute approximate surface area is 159 Å². The van der Waals surface area contributed by atoms with E-state index in [0.717, 1.165) is 25.7 Å². The van der Waals surface area contributed by atoms with Gasteiger partial charge in [0.2, 0.25) is 0 Å². The minimum absolute atomic E-state index is 0.0767. The molecule has 0 radical (unpaired) electrons. The van der Waals surface area contributed by atoms with Crippen LogP contribution in [-0.2, 0) is 9.53 Å². The molecular formula is C19H29N3O5. The van der Waals surface area contributed by atoms with Crippen LogP contribution in [0.4, 0.5) is 4.79 Å². The van der Waals surface area contributed by atoms with Gasteiger partial charge >= 0.3 is 12.0 Å². The second kappa shape index (κ2) is 9.03. The van der Waals surface area contributed by atoms with E-state index in [1.807, 2.05) is 0 Å². The molecule has 1 aliphatic rings. The fourth-order valence-electron chi connectivity index (χ4n) is 3.55. The Hall–Kier alpha value is -2.35. The van der Waals surface area contributed by atoms with Gasteiger partial charge in [0, 0.05) is 17.3 Å². The van der Waals surface area contributed by atoms with Crippen molar-refractivity contribution in [3.8, 4) is 0 Å². The molecule has 1 fully saturated rings. The van der Waals surface area contributed by atoms with Crippen molar-refractivity contribution >= 4 is 17.9 Å². The summed E-state index contributed by atoms with van der Waals surface area (Å²) in [5.74, 6) is -1.40. The monoisotopic (exact) mass is 379 g/mol. The average Bonchev–Trinajstić information content (AvgIpc) is 2.90. The number of aryl methyl sites for hydroxylation is 1. The summed E-state index contributed by atoms with van der Waals surface area (Å²) in [5.41, 5.74) is 2.06. The molecule has 0 saturated heterocycles. The van der Waals surface area contributed by atoms with Crippen molar-refractivity contribution in [1.29, 1.82) is 0 Å². The summed E-state index contributed by atoms with van der Waals surface area (Å²) in [7, 11) is 0. The quantitative estimate of drug-likeness (QED) is 0.586. The Morgan fingerprint density at radius 1 is 1.15 bits per heavy atom. The molecular weight excluding hydrogens is 350 g/mol. The van der Waals surface area contributed by atoms with Crippen LogP contribution in [-0.4, -0.2) is 40.1 Å². The third kappa shape index (κ3) is 5.32. The number of aliphatic hydroxyl groups excluding tert-OH is 1. The normalized spacial score (nSPS) is 17.1. The summed E-state index contributed by atoms with van der Waals surface area (Å²) in [4.78, 5) is 39.3. The first kappa shape index (κ1) is 21.0. The summed E-state index contributed by atoms with van der Waals surface area (Å²) in [6.45, 7) is 6.46. The molecule has 0 spiro atoms. The molecule has 1 saturated carbocycles. The van der Waals surface area contributed by atoms with Gasteiger partial charge in [-0.15, -0.1) is 0 Å². The largest absolute Gasteiger partial charge is 0.448 e. The van der Waals surface area contributed by atoms with Crippen molar-refractivity contribution in [1.82, 2.24) is 15.6 Å². The molecule has 4 N–H and O–H groups in total. The lowest BCUT2D eigenvalue weighted by atomic mass is 9.96. The van der Waals surface area contributed by atoms with E-state index in [0.29, 0.717) is 16.8 Å². The Balaban J connectivity index is 1.91. The van der Waals surface area contributed by atoms with Gasteiger partial charge in [0.1, 0.15) is 5.69 Å². The number of ether oxygens (including phenoxy) is 1. The van der Waals surface area contributed by atoms with Crippen molar-refractivity contribution in [2.24, 2.45) is 0 Å². The number of esters is 1. The van der Waals surface area contributed by atoms with Gasteiger partial charge in [-0.25, -0.2) is 9.59 Å². The zero-order valence-electron chi connectivity index (χ0n) is 16.3. The number of aromatic amines is 1. The second-order valence-electron chi connectivity index (χ2n) is 7.18. The minimum Gasteiger partial charge on any atom is -0.448 e. The molecule has 27 heavy (non-hydrogen) atoms. The lowest BCUT2D eigenvalue weighted by molar-refractivity contribution is -0.127. The van der Waals surface area contributed by atoms with E-state index in [2.05, 4.69) is 15.6 Å². The van der Waals surface area contributed by atoms with Gasteiger partial charge in [-0.05, 0) is 46.1 Å². The number of rotatable bonds is 5. The van der Waals surface area contributed by atoms with Crippen LogP contribution in [0.15, 0.2) is 0 Å². The van der Waals surface area contributed by atoms with Crippen molar-refractivity contribution in [3.63, 3.8) is 0 Å². The Bertz CT molecular complexity index is 704. The Kier molecular flexibility index (Phi) is 7.01. The van der Waals surface area contributed by atoms with E-state index in [9.17, 15) is 19.5 Å². The molecule has 1 aromatic rings. The standard InChI is InChI=1S/C19H29N3O5/c1-10-15(12(3)23)11(2)20-16(10)18(25)27-13(4)17(24)22-19(26)21-14-8-6-5-7-9-14/h12-14,20,23H,5-9H2,1-4H3,(H2,21,22,24,26)/t12-,13+/m1/s1. The van der Waals surface area contributed by atoms with Crippen molar-refractivity contribution < 1.29 is 24.2 Å². The van der Waals surface area contributed by atoms with Crippen LogP contribution < -0.4 is 10.6 Å². The van der Waals surface area contributed by atoms with E-state index in [1.54, 1.807) is 20.8 Å². The average molecular weight is 379 g/mol. The number of carbonyl (C=O) groups excluding carboxylic acids is 3. The van der Waals surface area contributed by atoms with Gasteiger partial charge in [0.15, 0.2) is 6.10 Å². The van der Waals surface area contributed by atoms with Crippen LogP contribution >= 0.6 is 0 Å². The summed E-state index contributed by atoms with van der Waals surface area (Å²) in [5, 5.41) is 14.8. The highest BCUT2D eigenvalue weighted by atomic mass is 16.5. The molecule has 0 unspecified atom stereocenters. The van der Waals surface area contributed by atoms with Gasteiger partial charge in [0.25, 0.3) is 5.91 Å². The maximum atomic E-state index is 12.4. The zero-order valence-corrected chi connectivity index (χ0v) is 16.3. The number of carbonyl (C=O) groups is 3. The summed E-state index contributed by atoms with van der Waals surface area (Å²) in [6.07, 6.45) is 3.25. The number of amides is 3. The van der Waals surface area contributed by atoms with E-state index in [4.69, 9.17) is 4.74 Å². The molecule has 8 heteroatoms. The van der Waals surface area contributed by atoms with Gasteiger partial charge in [0.05, 0.1) is 6.10 Å². The summed E-state index contributed by atoms with van der Waals surface area (Å²) in [6, 6.07) is -0.495. The predicted octanol–water partition coefficient (Wildman–Crippen LogP) is 2.39. The van der Waals surface area contributed by atoms with Crippen molar-refractivity contribution in [2.45, 2.75) is 78.0 Å². The van der Waals surface area contributed by atoms with E-state index in [-0.39, 0.29) is 11.7 Å². The van der Waals surface area contributed by atoms with Crippen LogP contribution in [0.25, 0.3) is 0 Å². The van der Waals surface area contributed by atoms with Gasteiger partial charge in [-0.3, -0.25) is 10.1 Å². The molecule has 3 amide bonds. The third-order valence-corrected chi connectivity index (χ3v) is 4.95. The number of imide groups is 1. The molecule has 8 nitrogen and oxygen atoms in total.